The van der Waals surface area contributed by atoms with E-state index in [-0.39, 0.29) is 24.8 Å². The Labute approximate surface area is 210 Å². The summed E-state index contributed by atoms with van der Waals surface area (Å²) in [5, 5.41) is 2.75. The number of ether oxygens (including phenoxy) is 2. The summed E-state index contributed by atoms with van der Waals surface area (Å²) in [7, 11) is 0. The second kappa shape index (κ2) is 16.2. The fourth-order valence-electron chi connectivity index (χ4n) is 4.32. The van der Waals surface area contributed by atoms with Crippen LogP contribution >= 0.6 is 0 Å². The van der Waals surface area contributed by atoms with Gasteiger partial charge in [0.15, 0.2) is 6.61 Å². The molecule has 196 valence electrons. The minimum absolute atomic E-state index is 0.141. The number of carbonyl (C=O) groups is 3. The highest BCUT2D eigenvalue weighted by molar-refractivity contribution is 5.92. The molecular formula is C28H44N2O5. The number of para-hydroxylation sites is 1. The standard InChI is InChI=1S/C28H44N2O5/c1-4-6-7-8-9-10-11-14-19-34-27(32)20-24-28(33)29-17-18-30(24)26(31)21-35-25-16-13-12-15-23(25)22(3)5-2/h12-13,15-16,22,24H,4-11,14,17-21H2,1-3H3,(H,29,33). The molecule has 0 aliphatic carbocycles. The zero-order valence-corrected chi connectivity index (χ0v) is 21.9. The van der Waals surface area contributed by atoms with Crippen LogP contribution < -0.4 is 10.1 Å². The van der Waals surface area contributed by atoms with Gasteiger partial charge in [-0.1, -0.05) is 83.9 Å². The molecule has 7 nitrogen and oxygen atoms in total. The lowest BCUT2D eigenvalue weighted by Gasteiger charge is -2.34. The molecule has 1 N–H and O–H groups in total. The highest BCUT2D eigenvalue weighted by atomic mass is 16.5. The highest BCUT2D eigenvalue weighted by Crippen LogP contribution is 2.28. The van der Waals surface area contributed by atoms with Crippen LogP contribution in [0.25, 0.3) is 0 Å². The van der Waals surface area contributed by atoms with Gasteiger partial charge in [-0.25, -0.2) is 0 Å². The average Bonchev–Trinajstić information content (AvgIpc) is 2.87. The van der Waals surface area contributed by atoms with E-state index in [4.69, 9.17) is 9.47 Å². The largest absolute Gasteiger partial charge is 0.483 e. The number of rotatable bonds is 16. The third kappa shape index (κ3) is 9.90. The van der Waals surface area contributed by atoms with Crippen molar-refractivity contribution in [2.24, 2.45) is 0 Å². The van der Waals surface area contributed by atoms with Crippen molar-refractivity contribution in [3.8, 4) is 5.75 Å². The third-order valence-corrected chi connectivity index (χ3v) is 6.69. The summed E-state index contributed by atoms with van der Waals surface area (Å²) in [6, 6.07) is 6.84. The van der Waals surface area contributed by atoms with E-state index in [0.717, 1.165) is 31.2 Å². The summed E-state index contributed by atoms with van der Waals surface area (Å²) < 4.78 is 11.2. The summed E-state index contributed by atoms with van der Waals surface area (Å²) in [4.78, 5) is 39.3. The predicted octanol–water partition coefficient (Wildman–Crippen LogP) is 4.98. The molecule has 1 aliphatic rings. The Morgan fingerprint density at radius 3 is 2.46 bits per heavy atom. The number of carbonyl (C=O) groups excluding carboxylic acids is 3. The van der Waals surface area contributed by atoms with E-state index in [1.165, 1.54) is 37.0 Å². The number of amides is 2. The fourth-order valence-corrected chi connectivity index (χ4v) is 4.32. The molecule has 0 radical (unpaired) electrons. The molecule has 2 rings (SSSR count). The normalized spacial score (nSPS) is 16.5. The second-order valence-corrected chi connectivity index (χ2v) is 9.43. The maximum atomic E-state index is 13.0. The van der Waals surface area contributed by atoms with Gasteiger partial charge in [0.25, 0.3) is 5.91 Å². The van der Waals surface area contributed by atoms with Crippen molar-refractivity contribution in [1.82, 2.24) is 10.2 Å². The smallest absolute Gasteiger partial charge is 0.308 e. The van der Waals surface area contributed by atoms with Crippen LogP contribution in [-0.2, 0) is 19.1 Å². The molecule has 1 aliphatic heterocycles. The number of esters is 1. The molecule has 0 bridgehead atoms. The summed E-state index contributed by atoms with van der Waals surface area (Å²) in [5.41, 5.74) is 1.06. The van der Waals surface area contributed by atoms with Crippen LogP contribution in [0.2, 0.25) is 0 Å². The van der Waals surface area contributed by atoms with Gasteiger partial charge in [0.2, 0.25) is 5.91 Å². The molecule has 1 heterocycles. The number of benzene rings is 1. The monoisotopic (exact) mass is 488 g/mol. The van der Waals surface area contributed by atoms with Gasteiger partial charge in [0, 0.05) is 13.1 Å². The molecule has 1 fully saturated rings. The van der Waals surface area contributed by atoms with Crippen molar-refractivity contribution in [3.63, 3.8) is 0 Å². The second-order valence-electron chi connectivity index (χ2n) is 9.43. The fraction of sp³-hybridized carbons (Fsp3) is 0.679. The van der Waals surface area contributed by atoms with Crippen LogP contribution in [0.3, 0.4) is 0 Å². The van der Waals surface area contributed by atoms with Gasteiger partial charge >= 0.3 is 5.97 Å². The summed E-state index contributed by atoms with van der Waals surface area (Å²) in [5.74, 6) is -0.0900. The number of hydrogen-bond donors (Lipinski definition) is 1. The van der Waals surface area contributed by atoms with Crippen LogP contribution in [0.4, 0.5) is 0 Å². The number of hydrogen-bond acceptors (Lipinski definition) is 5. The van der Waals surface area contributed by atoms with Crippen LogP contribution in [0.5, 0.6) is 5.75 Å². The Kier molecular flexibility index (Phi) is 13.2. The number of nitrogens with one attached hydrogen (secondary N) is 1. The van der Waals surface area contributed by atoms with Gasteiger partial charge in [-0.05, 0) is 30.4 Å². The minimum atomic E-state index is -0.865. The van der Waals surface area contributed by atoms with Gasteiger partial charge in [-0.15, -0.1) is 0 Å². The summed E-state index contributed by atoms with van der Waals surface area (Å²) in [6.45, 7) is 7.32. The van der Waals surface area contributed by atoms with Crippen LogP contribution in [0.1, 0.15) is 96.5 Å². The van der Waals surface area contributed by atoms with Crippen LogP contribution in [-0.4, -0.2) is 55.0 Å². The van der Waals surface area contributed by atoms with Gasteiger partial charge in [-0.2, -0.15) is 0 Å². The van der Waals surface area contributed by atoms with E-state index in [2.05, 4.69) is 26.1 Å². The number of unbranched alkanes of at least 4 members (excludes halogenated alkanes) is 7. The predicted molar refractivity (Wildman–Crippen MR) is 137 cm³/mol. The lowest BCUT2D eigenvalue weighted by molar-refractivity contribution is -0.152. The molecule has 1 aromatic rings. The van der Waals surface area contributed by atoms with Crippen LogP contribution in [0.15, 0.2) is 24.3 Å². The zero-order chi connectivity index (χ0) is 25.5. The molecule has 2 unspecified atom stereocenters. The van der Waals surface area contributed by atoms with Crippen molar-refractivity contribution >= 4 is 17.8 Å². The Morgan fingerprint density at radius 1 is 1.06 bits per heavy atom. The van der Waals surface area contributed by atoms with Gasteiger partial charge < -0.3 is 19.7 Å². The van der Waals surface area contributed by atoms with Gasteiger partial charge in [0.1, 0.15) is 11.8 Å². The number of piperazine rings is 1. The maximum Gasteiger partial charge on any atom is 0.308 e. The van der Waals surface area contributed by atoms with E-state index in [1.54, 1.807) is 0 Å². The molecule has 1 aromatic carbocycles. The van der Waals surface area contributed by atoms with E-state index in [1.807, 2.05) is 24.3 Å². The summed E-state index contributed by atoms with van der Waals surface area (Å²) >= 11 is 0. The van der Waals surface area contributed by atoms with Crippen molar-refractivity contribution in [1.29, 1.82) is 0 Å². The lowest BCUT2D eigenvalue weighted by Crippen LogP contribution is -2.58. The Bertz CT molecular complexity index is 797. The molecule has 2 amide bonds. The van der Waals surface area contributed by atoms with E-state index in [9.17, 15) is 14.4 Å². The molecule has 0 saturated carbocycles. The average molecular weight is 489 g/mol. The van der Waals surface area contributed by atoms with Crippen molar-refractivity contribution in [3.05, 3.63) is 29.8 Å². The maximum absolute atomic E-state index is 13.0. The van der Waals surface area contributed by atoms with E-state index >= 15 is 0 Å². The minimum Gasteiger partial charge on any atom is -0.483 e. The third-order valence-electron chi connectivity index (χ3n) is 6.69. The first-order chi connectivity index (χ1) is 17.0. The summed E-state index contributed by atoms with van der Waals surface area (Å²) in [6.07, 6.45) is 10.1. The zero-order valence-electron chi connectivity index (χ0n) is 21.9. The molecule has 0 spiro atoms. The molecule has 2 atom stereocenters. The SMILES string of the molecule is CCCCCCCCCCOC(=O)CC1C(=O)NCCN1C(=O)COc1ccccc1C(C)CC. The van der Waals surface area contributed by atoms with E-state index in [0.29, 0.717) is 31.4 Å². The molecule has 7 heteroatoms. The Hall–Kier alpha value is -2.57. The molecular weight excluding hydrogens is 444 g/mol. The van der Waals surface area contributed by atoms with Crippen molar-refractivity contribution < 1.29 is 23.9 Å². The first kappa shape index (κ1) is 28.7. The lowest BCUT2D eigenvalue weighted by atomic mass is 9.98. The topological polar surface area (TPSA) is 84.9 Å². The van der Waals surface area contributed by atoms with Crippen LogP contribution in [0, 0.1) is 0 Å². The Morgan fingerprint density at radius 2 is 1.74 bits per heavy atom. The molecule has 0 aromatic heterocycles. The number of nitrogens with zero attached hydrogens (tertiary/aromatic N) is 1. The molecule has 35 heavy (non-hydrogen) atoms. The quantitative estimate of drug-likeness (QED) is 0.262. The first-order valence-electron chi connectivity index (χ1n) is 13.4. The van der Waals surface area contributed by atoms with Crippen molar-refractivity contribution in [2.75, 3.05) is 26.3 Å². The highest BCUT2D eigenvalue weighted by Gasteiger charge is 2.35. The molecule has 1 saturated heterocycles. The Balaban J connectivity index is 1.79. The van der Waals surface area contributed by atoms with Gasteiger partial charge in [-0.3, -0.25) is 14.4 Å². The van der Waals surface area contributed by atoms with E-state index < -0.39 is 12.0 Å². The van der Waals surface area contributed by atoms with Crippen molar-refractivity contribution in [2.45, 2.75) is 96.9 Å². The van der Waals surface area contributed by atoms with Gasteiger partial charge in [0.05, 0.1) is 13.0 Å². The first-order valence-corrected chi connectivity index (χ1v) is 13.4.